The van der Waals surface area contributed by atoms with E-state index in [1.54, 1.807) is 13.2 Å². The van der Waals surface area contributed by atoms with E-state index in [1.165, 1.54) is 18.6 Å². The van der Waals surface area contributed by atoms with E-state index in [-0.39, 0.29) is 5.69 Å². The van der Waals surface area contributed by atoms with Gasteiger partial charge in [0.1, 0.15) is 5.75 Å². The van der Waals surface area contributed by atoms with Crippen molar-refractivity contribution >= 4 is 5.69 Å². The summed E-state index contributed by atoms with van der Waals surface area (Å²) in [4.78, 5) is 10.4. The Hall–Kier alpha value is -1.66. The third-order valence-corrected chi connectivity index (χ3v) is 4.03. The Bertz CT molecular complexity index is 498. The molecule has 1 fully saturated rings. The molecule has 1 aromatic rings. The molecule has 0 spiro atoms. The van der Waals surface area contributed by atoms with Gasteiger partial charge in [-0.25, -0.2) is 0 Å². The van der Waals surface area contributed by atoms with Crippen molar-refractivity contribution in [3.8, 4) is 5.75 Å². The van der Waals surface area contributed by atoms with Crippen molar-refractivity contribution in [3.63, 3.8) is 0 Å². The average Bonchev–Trinajstić information content (AvgIpc) is 2.47. The molecule has 0 bridgehead atoms. The molecule has 6 heteroatoms. The van der Waals surface area contributed by atoms with Gasteiger partial charge in [-0.05, 0) is 18.9 Å². The lowest BCUT2D eigenvalue weighted by Crippen LogP contribution is -2.41. The summed E-state index contributed by atoms with van der Waals surface area (Å²) in [6.45, 7) is 0.937. The van der Waals surface area contributed by atoms with E-state index in [1.807, 2.05) is 0 Å². The van der Waals surface area contributed by atoms with Crippen molar-refractivity contribution in [2.45, 2.75) is 44.2 Å². The first-order chi connectivity index (χ1) is 10.0. The zero-order valence-electron chi connectivity index (χ0n) is 12.3. The molecule has 2 rings (SSSR count). The predicted molar refractivity (Wildman–Crippen MR) is 79.4 cm³/mol. The number of non-ortho nitro benzene ring substituents is 1. The minimum atomic E-state index is -0.647. The van der Waals surface area contributed by atoms with Crippen LogP contribution >= 0.6 is 0 Å². The summed E-state index contributed by atoms with van der Waals surface area (Å²) < 4.78 is 5.22. The van der Waals surface area contributed by atoms with Gasteiger partial charge in [-0.3, -0.25) is 10.1 Å². The molecule has 21 heavy (non-hydrogen) atoms. The normalized spacial score (nSPS) is 17.4. The van der Waals surface area contributed by atoms with E-state index in [4.69, 9.17) is 4.74 Å². The number of methoxy groups -OCH3 is 1. The molecule has 0 unspecified atom stereocenters. The smallest absolute Gasteiger partial charge is 0.270 e. The first-order valence-electron chi connectivity index (χ1n) is 7.28. The summed E-state index contributed by atoms with van der Waals surface area (Å²) in [6.07, 6.45) is 4.91. The Labute approximate surface area is 124 Å². The van der Waals surface area contributed by atoms with Gasteiger partial charge in [-0.2, -0.15) is 0 Å². The van der Waals surface area contributed by atoms with Crippen molar-refractivity contribution in [2.24, 2.45) is 0 Å². The quantitative estimate of drug-likeness (QED) is 0.621. The van der Waals surface area contributed by atoms with Gasteiger partial charge in [-0.1, -0.05) is 19.3 Å². The van der Waals surface area contributed by atoms with E-state index in [9.17, 15) is 15.2 Å². The molecular formula is C15H22N2O4. The first kappa shape index (κ1) is 15.7. The molecule has 0 radical (unpaired) electrons. The number of hydrogen-bond acceptors (Lipinski definition) is 5. The molecule has 2 N–H and O–H groups in total. The molecule has 1 aliphatic carbocycles. The minimum absolute atomic E-state index is 0.0454. The number of nitro groups is 1. The number of benzene rings is 1. The van der Waals surface area contributed by atoms with Crippen LogP contribution in [0.5, 0.6) is 5.75 Å². The van der Waals surface area contributed by atoms with Gasteiger partial charge >= 0.3 is 0 Å². The number of rotatable bonds is 6. The molecule has 1 aromatic carbocycles. The molecule has 0 saturated heterocycles. The molecule has 0 aromatic heterocycles. The topological polar surface area (TPSA) is 84.6 Å². The van der Waals surface area contributed by atoms with Crippen molar-refractivity contribution in [3.05, 3.63) is 33.9 Å². The zero-order chi connectivity index (χ0) is 15.3. The molecule has 0 amide bonds. The summed E-state index contributed by atoms with van der Waals surface area (Å²) >= 11 is 0. The Balaban J connectivity index is 1.98. The molecule has 1 saturated carbocycles. The largest absolute Gasteiger partial charge is 0.496 e. The van der Waals surface area contributed by atoms with Gasteiger partial charge in [0.05, 0.1) is 17.6 Å². The van der Waals surface area contributed by atoms with Gasteiger partial charge in [0.15, 0.2) is 0 Å². The fourth-order valence-electron chi connectivity index (χ4n) is 2.83. The highest BCUT2D eigenvalue weighted by Crippen LogP contribution is 2.28. The van der Waals surface area contributed by atoms with Gasteiger partial charge < -0.3 is 15.2 Å². The Kier molecular flexibility index (Phi) is 5.14. The van der Waals surface area contributed by atoms with Crippen LogP contribution < -0.4 is 10.1 Å². The SMILES string of the molecule is COc1ccc([N+](=O)[O-])cc1CNCC1(O)CCCCC1. The molecule has 0 heterocycles. The average molecular weight is 294 g/mol. The summed E-state index contributed by atoms with van der Waals surface area (Å²) in [5.74, 6) is 0.615. The predicted octanol–water partition coefficient (Wildman–Crippen LogP) is 2.39. The third kappa shape index (κ3) is 4.15. The lowest BCUT2D eigenvalue weighted by Gasteiger charge is -2.32. The van der Waals surface area contributed by atoms with Crippen molar-refractivity contribution in [1.82, 2.24) is 5.32 Å². The van der Waals surface area contributed by atoms with Gasteiger partial charge in [-0.15, -0.1) is 0 Å². The molecular weight excluding hydrogens is 272 g/mol. The Morgan fingerprint density at radius 1 is 1.38 bits per heavy atom. The van der Waals surface area contributed by atoms with Gasteiger partial charge in [0, 0.05) is 30.8 Å². The Morgan fingerprint density at radius 2 is 2.10 bits per heavy atom. The first-order valence-corrected chi connectivity index (χ1v) is 7.28. The van der Waals surface area contributed by atoms with Crippen LogP contribution in [0.3, 0.4) is 0 Å². The number of nitrogens with zero attached hydrogens (tertiary/aromatic N) is 1. The molecule has 0 atom stereocenters. The van der Waals surface area contributed by atoms with E-state index in [0.29, 0.717) is 18.8 Å². The van der Waals surface area contributed by atoms with Crippen LogP contribution in [0.4, 0.5) is 5.69 Å². The minimum Gasteiger partial charge on any atom is -0.496 e. The number of nitrogens with one attached hydrogen (secondary N) is 1. The second-order valence-corrected chi connectivity index (χ2v) is 5.64. The van der Waals surface area contributed by atoms with Crippen LogP contribution in [0, 0.1) is 10.1 Å². The van der Waals surface area contributed by atoms with Crippen molar-refractivity contribution < 1.29 is 14.8 Å². The summed E-state index contributed by atoms with van der Waals surface area (Å²) in [5.41, 5.74) is 0.127. The van der Waals surface area contributed by atoms with Crippen LogP contribution in [0.1, 0.15) is 37.7 Å². The van der Waals surface area contributed by atoms with Crippen LogP contribution in [0.15, 0.2) is 18.2 Å². The van der Waals surface area contributed by atoms with Crippen LogP contribution in [0.25, 0.3) is 0 Å². The number of aliphatic hydroxyl groups is 1. The van der Waals surface area contributed by atoms with E-state index >= 15 is 0 Å². The lowest BCUT2D eigenvalue weighted by molar-refractivity contribution is -0.384. The highest BCUT2D eigenvalue weighted by Gasteiger charge is 2.28. The number of ether oxygens (including phenoxy) is 1. The lowest BCUT2D eigenvalue weighted by atomic mass is 9.85. The van der Waals surface area contributed by atoms with Crippen LogP contribution in [-0.4, -0.2) is 29.3 Å². The monoisotopic (exact) mass is 294 g/mol. The fraction of sp³-hybridized carbons (Fsp3) is 0.600. The highest BCUT2D eigenvalue weighted by molar-refractivity contribution is 5.43. The Morgan fingerprint density at radius 3 is 2.71 bits per heavy atom. The molecule has 1 aliphatic rings. The second kappa shape index (κ2) is 6.87. The van der Waals surface area contributed by atoms with Gasteiger partial charge in [0.25, 0.3) is 5.69 Å². The number of nitro benzene ring substituents is 1. The summed E-state index contributed by atoms with van der Waals surface area (Å²) in [5, 5.41) is 24.4. The second-order valence-electron chi connectivity index (χ2n) is 5.64. The van der Waals surface area contributed by atoms with E-state index in [2.05, 4.69) is 5.32 Å². The third-order valence-electron chi connectivity index (χ3n) is 4.03. The maximum atomic E-state index is 10.8. The van der Waals surface area contributed by atoms with E-state index in [0.717, 1.165) is 31.2 Å². The number of hydrogen-bond donors (Lipinski definition) is 2. The zero-order valence-corrected chi connectivity index (χ0v) is 12.3. The van der Waals surface area contributed by atoms with Crippen molar-refractivity contribution in [1.29, 1.82) is 0 Å². The van der Waals surface area contributed by atoms with E-state index < -0.39 is 10.5 Å². The van der Waals surface area contributed by atoms with Crippen molar-refractivity contribution in [2.75, 3.05) is 13.7 Å². The summed E-state index contributed by atoms with van der Waals surface area (Å²) in [6, 6.07) is 4.54. The maximum absolute atomic E-state index is 10.8. The van der Waals surface area contributed by atoms with Gasteiger partial charge in [0.2, 0.25) is 0 Å². The maximum Gasteiger partial charge on any atom is 0.270 e. The summed E-state index contributed by atoms with van der Waals surface area (Å²) in [7, 11) is 1.54. The highest BCUT2D eigenvalue weighted by atomic mass is 16.6. The standard InChI is InChI=1S/C15H22N2O4/c1-21-14-6-5-13(17(19)20)9-12(14)10-16-11-15(18)7-3-2-4-8-15/h5-6,9,16,18H,2-4,7-8,10-11H2,1H3. The fourth-order valence-corrected chi connectivity index (χ4v) is 2.83. The molecule has 0 aliphatic heterocycles. The molecule has 6 nitrogen and oxygen atoms in total. The van der Waals surface area contributed by atoms with Crippen LogP contribution in [0.2, 0.25) is 0 Å². The molecule has 116 valence electrons. The van der Waals surface area contributed by atoms with Crippen LogP contribution in [-0.2, 0) is 6.54 Å².